The highest BCUT2D eigenvalue weighted by molar-refractivity contribution is 5.81. The van der Waals surface area contributed by atoms with Crippen molar-refractivity contribution < 1.29 is 14.3 Å². The lowest BCUT2D eigenvalue weighted by Gasteiger charge is -2.20. The van der Waals surface area contributed by atoms with Gasteiger partial charge in [-0.2, -0.15) is 0 Å². The Balaban J connectivity index is 1.81. The van der Waals surface area contributed by atoms with Crippen molar-refractivity contribution >= 4 is 5.91 Å². The number of benzene rings is 2. The van der Waals surface area contributed by atoms with Crippen LogP contribution in [-0.2, 0) is 4.79 Å². The van der Waals surface area contributed by atoms with Crippen LogP contribution in [0.15, 0.2) is 54.6 Å². The van der Waals surface area contributed by atoms with E-state index in [9.17, 15) is 4.79 Å². The highest BCUT2D eigenvalue weighted by Gasteiger charge is 2.20. The maximum atomic E-state index is 12.4. The lowest BCUT2D eigenvalue weighted by molar-refractivity contribution is -0.128. The number of para-hydroxylation sites is 1. The van der Waals surface area contributed by atoms with Crippen LogP contribution >= 0.6 is 0 Å². The van der Waals surface area contributed by atoms with Gasteiger partial charge in [0.2, 0.25) is 0 Å². The molecule has 2 aromatic carbocycles. The molecule has 0 aliphatic heterocycles. The van der Waals surface area contributed by atoms with E-state index in [2.05, 4.69) is 5.32 Å². The molecule has 0 saturated heterocycles. The molecule has 0 aliphatic rings. The van der Waals surface area contributed by atoms with E-state index in [1.165, 1.54) is 5.56 Å². The third-order valence-corrected chi connectivity index (χ3v) is 3.59. The summed E-state index contributed by atoms with van der Waals surface area (Å²) < 4.78 is 11.4. The van der Waals surface area contributed by atoms with E-state index in [4.69, 9.17) is 9.47 Å². The van der Waals surface area contributed by atoms with Gasteiger partial charge in [-0.15, -0.1) is 0 Å². The Hall–Kier alpha value is -2.49. The molecule has 1 amide bonds. The van der Waals surface area contributed by atoms with Gasteiger partial charge in [0, 0.05) is 0 Å². The quantitative estimate of drug-likeness (QED) is 0.803. The van der Waals surface area contributed by atoms with Gasteiger partial charge in [0.25, 0.3) is 5.91 Å². The monoisotopic (exact) mass is 327 g/mol. The van der Waals surface area contributed by atoms with E-state index in [0.29, 0.717) is 18.8 Å². The van der Waals surface area contributed by atoms with Gasteiger partial charge < -0.3 is 14.8 Å². The highest BCUT2D eigenvalue weighted by atomic mass is 16.5. The van der Waals surface area contributed by atoms with Gasteiger partial charge in [0.1, 0.15) is 18.1 Å². The Labute approximate surface area is 143 Å². The molecule has 1 N–H and O–H groups in total. The van der Waals surface area contributed by atoms with Crippen LogP contribution in [0.1, 0.15) is 25.8 Å². The van der Waals surface area contributed by atoms with E-state index >= 15 is 0 Å². The average molecular weight is 327 g/mol. The standard InChI is InChI=1S/C20H25NO3/c1-4-19(24-18-8-6-5-7-9-18)20(22)21-16(3)14-23-17-12-10-15(2)11-13-17/h5-13,16,19H,4,14H2,1-3H3,(H,21,22)/t16-,19+/m0/s1. The third-order valence-electron chi connectivity index (χ3n) is 3.59. The molecule has 4 nitrogen and oxygen atoms in total. The number of rotatable bonds is 8. The van der Waals surface area contributed by atoms with Gasteiger partial charge in [0.15, 0.2) is 6.10 Å². The maximum absolute atomic E-state index is 12.4. The summed E-state index contributed by atoms with van der Waals surface area (Å²) in [7, 11) is 0. The maximum Gasteiger partial charge on any atom is 0.261 e. The summed E-state index contributed by atoms with van der Waals surface area (Å²) in [6.45, 7) is 6.29. The lowest BCUT2D eigenvalue weighted by Crippen LogP contribution is -2.44. The third kappa shape index (κ3) is 5.61. The summed E-state index contributed by atoms with van der Waals surface area (Å²) in [6.07, 6.45) is 0.0981. The molecule has 128 valence electrons. The van der Waals surface area contributed by atoms with Crippen molar-refractivity contribution in [3.8, 4) is 11.5 Å². The number of hydrogen-bond acceptors (Lipinski definition) is 3. The summed E-state index contributed by atoms with van der Waals surface area (Å²) in [5.74, 6) is 1.37. The van der Waals surface area contributed by atoms with Gasteiger partial charge in [0.05, 0.1) is 6.04 Å². The van der Waals surface area contributed by atoms with Crippen molar-refractivity contribution in [2.45, 2.75) is 39.3 Å². The first-order chi connectivity index (χ1) is 11.6. The zero-order valence-electron chi connectivity index (χ0n) is 14.5. The van der Waals surface area contributed by atoms with Crippen molar-refractivity contribution in [1.82, 2.24) is 5.32 Å². The zero-order chi connectivity index (χ0) is 17.4. The van der Waals surface area contributed by atoms with Crippen molar-refractivity contribution in [1.29, 1.82) is 0 Å². The zero-order valence-corrected chi connectivity index (χ0v) is 14.5. The minimum Gasteiger partial charge on any atom is -0.491 e. The summed E-state index contributed by atoms with van der Waals surface area (Å²) in [5, 5.41) is 2.94. The molecule has 0 aliphatic carbocycles. The van der Waals surface area contributed by atoms with Gasteiger partial charge >= 0.3 is 0 Å². The number of hydrogen-bond donors (Lipinski definition) is 1. The van der Waals surface area contributed by atoms with Crippen LogP contribution in [0.25, 0.3) is 0 Å². The largest absolute Gasteiger partial charge is 0.491 e. The Morgan fingerprint density at radius 1 is 1.04 bits per heavy atom. The second kappa shape index (κ2) is 8.96. The van der Waals surface area contributed by atoms with E-state index in [0.717, 1.165) is 5.75 Å². The summed E-state index contributed by atoms with van der Waals surface area (Å²) in [4.78, 5) is 12.4. The minimum atomic E-state index is -0.505. The van der Waals surface area contributed by atoms with Gasteiger partial charge in [-0.3, -0.25) is 4.79 Å². The van der Waals surface area contributed by atoms with Crippen LogP contribution in [0.4, 0.5) is 0 Å². The lowest BCUT2D eigenvalue weighted by atomic mass is 10.2. The number of aryl methyl sites for hydroxylation is 1. The number of carbonyl (C=O) groups excluding carboxylic acids is 1. The van der Waals surface area contributed by atoms with Crippen molar-refractivity contribution in [2.75, 3.05) is 6.61 Å². The first-order valence-corrected chi connectivity index (χ1v) is 8.30. The molecule has 2 aromatic rings. The Morgan fingerprint density at radius 3 is 2.33 bits per heavy atom. The average Bonchev–Trinajstić information content (AvgIpc) is 2.60. The number of nitrogens with one attached hydrogen (secondary N) is 1. The van der Waals surface area contributed by atoms with E-state index in [1.54, 1.807) is 0 Å². The van der Waals surface area contributed by atoms with Crippen LogP contribution in [0.5, 0.6) is 11.5 Å². The Bertz CT molecular complexity index is 625. The second-order valence-corrected chi connectivity index (χ2v) is 5.86. The SMILES string of the molecule is CC[C@@H](Oc1ccccc1)C(=O)N[C@@H](C)COc1ccc(C)cc1. The molecular formula is C20H25NO3. The molecule has 2 atom stereocenters. The number of amides is 1. The Kier molecular flexibility index (Phi) is 6.67. The summed E-state index contributed by atoms with van der Waals surface area (Å²) in [6, 6.07) is 17.1. The van der Waals surface area contributed by atoms with Gasteiger partial charge in [-0.1, -0.05) is 42.8 Å². The van der Waals surface area contributed by atoms with Crippen molar-refractivity contribution in [3.63, 3.8) is 0 Å². The molecule has 0 aromatic heterocycles. The first kappa shape index (κ1) is 17.9. The van der Waals surface area contributed by atoms with Crippen molar-refractivity contribution in [3.05, 3.63) is 60.2 Å². The minimum absolute atomic E-state index is 0.104. The fourth-order valence-electron chi connectivity index (χ4n) is 2.22. The molecule has 4 heteroatoms. The molecule has 0 radical (unpaired) electrons. The predicted molar refractivity (Wildman–Crippen MR) is 95.4 cm³/mol. The van der Waals surface area contributed by atoms with E-state index in [1.807, 2.05) is 75.4 Å². The van der Waals surface area contributed by atoms with Gasteiger partial charge in [-0.05, 0) is 44.5 Å². The van der Waals surface area contributed by atoms with Crippen LogP contribution in [0, 0.1) is 6.92 Å². The fourth-order valence-corrected chi connectivity index (χ4v) is 2.22. The molecule has 0 heterocycles. The van der Waals surface area contributed by atoms with Crippen LogP contribution in [0.3, 0.4) is 0 Å². The molecule has 2 rings (SSSR count). The molecule has 0 unspecified atom stereocenters. The molecule has 0 spiro atoms. The molecule has 0 saturated carbocycles. The number of carbonyl (C=O) groups is 1. The molecule has 0 fully saturated rings. The smallest absolute Gasteiger partial charge is 0.261 e. The fraction of sp³-hybridized carbons (Fsp3) is 0.350. The Morgan fingerprint density at radius 2 is 1.71 bits per heavy atom. The van der Waals surface area contributed by atoms with Crippen LogP contribution in [-0.4, -0.2) is 24.7 Å². The van der Waals surface area contributed by atoms with Crippen molar-refractivity contribution in [2.24, 2.45) is 0 Å². The van der Waals surface area contributed by atoms with E-state index < -0.39 is 6.10 Å². The topological polar surface area (TPSA) is 47.6 Å². The summed E-state index contributed by atoms with van der Waals surface area (Å²) in [5.41, 5.74) is 1.19. The highest BCUT2D eigenvalue weighted by Crippen LogP contribution is 2.13. The van der Waals surface area contributed by atoms with E-state index in [-0.39, 0.29) is 11.9 Å². The van der Waals surface area contributed by atoms with Crippen LogP contribution < -0.4 is 14.8 Å². The molecule has 0 bridgehead atoms. The number of ether oxygens (including phenoxy) is 2. The second-order valence-electron chi connectivity index (χ2n) is 5.86. The van der Waals surface area contributed by atoms with Gasteiger partial charge in [-0.25, -0.2) is 0 Å². The normalized spacial score (nSPS) is 13.0. The first-order valence-electron chi connectivity index (χ1n) is 8.30. The molecular weight excluding hydrogens is 302 g/mol. The van der Waals surface area contributed by atoms with Crippen LogP contribution in [0.2, 0.25) is 0 Å². The summed E-state index contributed by atoms with van der Waals surface area (Å²) >= 11 is 0. The molecule has 24 heavy (non-hydrogen) atoms. The predicted octanol–water partition coefficient (Wildman–Crippen LogP) is 3.74.